The van der Waals surface area contributed by atoms with Gasteiger partial charge in [-0.05, 0) is 43.0 Å². The molecule has 160 valence electrons. The summed E-state index contributed by atoms with van der Waals surface area (Å²) in [6.45, 7) is 2.62. The third-order valence-electron chi connectivity index (χ3n) is 5.51. The topological polar surface area (TPSA) is 119 Å². The van der Waals surface area contributed by atoms with Crippen LogP contribution < -0.4 is 15.5 Å². The Balaban J connectivity index is 1.17. The number of amides is 1. The van der Waals surface area contributed by atoms with Crippen molar-refractivity contribution >= 4 is 46.7 Å². The van der Waals surface area contributed by atoms with Crippen LogP contribution >= 0.6 is 11.8 Å². The molecule has 1 unspecified atom stereocenters. The molecular formula is C21H23N7O2S. The van der Waals surface area contributed by atoms with Gasteiger partial charge in [-0.1, -0.05) is 23.9 Å². The molecule has 31 heavy (non-hydrogen) atoms. The highest BCUT2D eigenvalue weighted by molar-refractivity contribution is 8.05. The fourth-order valence-corrected chi connectivity index (χ4v) is 4.59. The molecule has 1 amide bonds. The van der Waals surface area contributed by atoms with Crippen LogP contribution in [-0.2, 0) is 4.79 Å². The number of rotatable bonds is 5. The average Bonchev–Trinajstić information content (AvgIpc) is 3.34. The van der Waals surface area contributed by atoms with Crippen LogP contribution in [0.2, 0.25) is 0 Å². The second-order valence-corrected chi connectivity index (χ2v) is 8.77. The van der Waals surface area contributed by atoms with E-state index in [1.165, 1.54) is 0 Å². The van der Waals surface area contributed by atoms with Crippen molar-refractivity contribution < 1.29 is 9.90 Å². The molecule has 0 spiro atoms. The van der Waals surface area contributed by atoms with Crippen molar-refractivity contribution in [2.45, 2.75) is 18.4 Å². The Hall–Kier alpha value is -3.11. The predicted molar refractivity (Wildman–Crippen MR) is 121 cm³/mol. The Morgan fingerprint density at radius 2 is 2.06 bits per heavy atom. The summed E-state index contributed by atoms with van der Waals surface area (Å²) in [6.07, 6.45) is 5.46. The van der Waals surface area contributed by atoms with Crippen LogP contribution in [-0.4, -0.2) is 56.1 Å². The number of H-pyrrole nitrogens is 1. The van der Waals surface area contributed by atoms with E-state index in [1.807, 2.05) is 24.3 Å². The molecule has 0 bridgehead atoms. The zero-order valence-corrected chi connectivity index (χ0v) is 17.6. The van der Waals surface area contributed by atoms with Gasteiger partial charge in [-0.3, -0.25) is 4.79 Å². The van der Waals surface area contributed by atoms with Crippen molar-refractivity contribution in [2.75, 3.05) is 29.9 Å². The SMILES string of the molecule is O=C1NC(O)S/C1=C\c1ccnc(N2CCC(CNc3nc4ccccc4[nH]3)CC2)n1. The maximum absolute atomic E-state index is 11.8. The van der Waals surface area contributed by atoms with Gasteiger partial charge in [-0.15, -0.1) is 0 Å². The van der Waals surface area contributed by atoms with Crippen LogP contribution in [0.4, 0.5) is 11.9 Å². The molecule has 3 aromatic rings. The molecule has 0 radical (unpaired) electrons. The summed E-state index contributed by atoms with van der Waals surface area (Å²) in [6, 6.07) is 9.77. The second kappa shape index (κ2) is 8.56. The molecule has 10 heteroatoms. The number of imidazole rings is 1. The third kappa shape index (κ3) is 4.49. The molecule has 0 aliphatic carbocycles. The lowest BCUT2D eigenvalue weighted by Crippen LogP contribution is -2.37. The number of nitrogens with one attached hydrogen (secondary N) is 3. The van der Waals surface area contributed by atoms with Crippen molar-refractivity contribution in [1.82, 2.24) is 25.3 Å². The largest absolute Gasteiger partial charge is 0.364 e. The lowest BCUT2D eigenvalue weighted by atomic mass is 9.97. The van der Waals surface area contributed by atoms with Gasteiger partial charge in [0.05, 0.1) is 21.6 Å². The Morgan fingerprint density at radius 3 is 2.84 bits per heavy atom. The van der Waals surface area contributed by atoms with Gasteiger partial charge in [-0.25, -0.2) is 15.0 Å². The normalized spacial score (nSPS) is 21.1. The van der Waals surface area contributed by atoms with E-state index in [2.05, 4.69) is 35.5 Å². The fourth-order valence-electron chi connectivity index (χ4n) is 3.83. The molecule has 4 N–H and O–H groups in total. The van der Waals surface area contributed by atoms with Crippen LogP contribution in [0.3, 0.4) is 0 Å². The number of aliphatic hydroxyl groups excluding tert-OH is 1. The van der Waals surface area contributed by atoms with E-state index in [9.17, 15) is 9.90 Å². The van der Waals surface area contributed by atoms with Crippen LogP contribution in [0.15, 0.2) is 41.4 Å². The van der Waals surface area contributed by atoms with Gasteiger partial charge in [0.25, 0.3) is 5.91 Å². The number of benzene rings is 1. The van der Waals surface area contributed by atoms with Crippen LogP contribution in [0.5, 0.6) is 0 Å². The number of anilines is 2. The van der Waals surface area contributed by atoms with Gasteiger partial charge in [0.1, 0.15) is 0 Å². The molecule has 9 nitrogen and oxygen atoms in total. The van der Waals surface area contributed by atoms with Gasteiger partial charge >= 0.3 is 0 Å². The van der Waals surface area contributed by atoms with Crippen LogP contribution in [0.25, 0.3) is 17.1 Å². The molecule has 2 aromatic heterocycles. The number of aromatic nitrogens is 4. The number of piperidine rings is 1. The van der Waals surface area contributed by atoms with E-state index in [0.29, 0.717) is 22.5 Å². The van der Waals surface area contributed by atoms with Crippen molar-refractivity contribution in [3.05, 3.63) is 47.1 Å². The van der Waals surface area contributed by atoms with Crippen molar-refractivity contribution in [3.8, 4) is 0 Å². The number of aromatic amines is 1. The number of carbonyl (C=O) groups excluding carboxylic acids is 1. The smallest absolute Gasteiger partial charge is 0.260 e. The molecule has 5 rings (SSSR count). The standard InChI is InChI=1S/C21H23N7O2S/c29-18-17(31-21(30)27-18)11-14-5-8-22-20(24-14)28-9-6-13(7-10-28)12-23-19-25-15-3-1-2-4-16(15)26-19/h1-5,8,11,13,21,30H,6-7,9-10,12H2,(H,27,29)(H2,23,25,26)/b17-11-. The minimum Gasteiger partial charge on any atom is -0.364 e. The Kier molecular flexibility index (Phi) is 5.47. The van der Waals surface area contributed by atoms with E-state index in [-0.39, 0.29) is 5.91 Å². The van der Waals surface area contributed by atoms with Crippen molar-refractivity contribution in [3.63, 3.8) is 0 Å². The van der Waals surface area contributed by atoms with Gasteiger partial charge in [0.2, 0.25) is 11.9 Å². The van der Waals surface area contributed by atoms with Gasteiger partial charge in [-0.2, -0.15) is 0 Å². The quantitative estimate of drug-likeness (QED) is 0.449. The Morgan fingerprint density at radius 1 is 1.23 bits per heavy atom. The lowest BCUT2D eigenvalue weighted by Gasteiger charge is -2.32. The third-order valence-corrected chi connectivity index (χ3v) is 6.40. The first kappa shape index (κ1) is 19.8. The monoisotopic (exact) mass is 437 g/mol. The molecule has 1 aromatic carbocycles. The first-order valence-corrected chi connectivity index (χ1v) is 11.2. The summed E-state index contributed by atoms with van der Waals surface area (Å²) in [5.74, 6) is 1.75. The first-order valence-electron chi connectivity index (χ1n) is 10.3. The van der Waals surface area contributed by atoms with E-state index in [0.717, 1.165) is 61.2 Å². The minimum absolute atomic E-state index is 0.282. The highest BCUT2D eigenvalue weighted by Crippen LogP contribution is 2.28. The van der Waals surface area contributed by atoms with Crippen LogP contribution in [0.1, 0.15) is 18.5 Å². The first-order chi connectivity index (χ1) is 15.1. The zero-order valence-electron chi connectivity index (χ0n) is 16.8. The molecule has 2 saturated heterocycles. The molecule has 2 fully saturated rings. The fraction of sp³-hybridized carbons (Fsp3) is 0.333. The molecule has 4 heterocycles. The van der Waals surface area contributed by atoms with E-state index < -0.39 is 5.56 Å². The predicted octanol–water partition coefficient (Wildman–Crippen LogP) is 2.16. The number of thioether (sulfide) groups is 1. The maximum Gasteiger partial charge on any atom is 0.260 e. The summed E-state index contributed by atoms with van der Waals surface area (Å²) in [4.78, 5) is 31.3. The van der Waals surface area contributed by atoms with Crippen molar-refractivity contribution in [1.29, 1.82) is 0 Å². The van der Waals surface area contributed by atoms with E-state index in [4.69, 9.17) is 0 Å². The number of para-hydroxylation sites is 2. The average molecular weight is 438 g/mol. The Labute approximate surface area is 183 Å². The summed E-state index contributed by atoms with van der Waals surface area (Å²) in [5.41, 5.74) is 1.77. The molecular weight excluding hydrogens is 414 g/mol. The number of hydrogen-bond acceptors (Lipinski definition) is 8. The molecule has 2 aliphatic heterocycles. The Bertz CT molecular complexity index is 1090. The van der Waals surface area contributed by atoms with Gasteiger partial charge in [0.15, 0.2) is 5.56 Å². The van der Waals surface area contributed by atoms with Gasteiger partial charge in [0, 0.05) is 25.8 Å². The minimum atomic E-state index is -0.896. The number of nitrogens with zero attached hydrogens (tertiary/aromatic N) is 4. The summed E-state index contributed by atoms with van der Waals surface area (Å²) >= 11 is 1.08. The lowest BCUT2D eigenvalue weighted by molar-refractivity contribution is -0.117. The number of aliphatic hydroxyl groups is 1. The van der Waals surface area contributed by atoms with Crippen molar-refractivity contribution in [2.24, 2.45) is 5.92 Å². The summed E-state index contributed by atoms with van der Waals surface area (Å²) in [7, 11) is 0. The second-order valence-electron chi connectivity index (χ2n) is 7.65. The maximum atomic E-state index is 11.8. The summed E-state index contributed by atoms with van der Waals surface area (Å²) < 4.78 is 0. The number of fused-ring (bicyclic) bond motifs is 1. The summed E-state index contributed by atoms with van der Waals surface area (Å²) in [5, 5.41) is 15.4. The number of hydrogen-bond donors (Lipinski definition) is 4. The molecule has 1 atom stereocenters. The molecule has 2 aliphatic rings. The van der Waals surface area contributed by atoms with E-state index in [1.54, 1.807) is 18.3 Å². The highest BCUT2D eigenvalue weighted by Gasteiger charge is 2.26. The van der Waals surface area contributed by atoms with E-state index >= 15 is 0 Å². The number of carbonyl (C=O) groups is 1. The zero-order chi connectivity index (χ0) is 21.2. The highest BCUT2D eigenvalue weighted by atomic mass is 32.2. The molecule has 0 saturated carbocycles. The van der Waals surface area contributed by atoms with Crippen LogP contribution in [0, 0.1) is 5.92 Å². The van der Waals surface area contributed by atoms with Gasteiger partial charge < -0.3 is 25.6 Å².